The highest BCUT2D eigenvalue weighted by Gasteiger charge is 2.17. The molecule has 0 saturated carbocycles. The van der Waals surface area contributed by atoms with Crippen molar-refractivity contribution in [2.45, 2.75) is 19.8 Å². The first-order chi connectivity index (χ1) is 7.61. The molecule has 0 atom stereocenters. The number of H-pyrrole nitrogens is 1. The second-order valence-corrected chi connectivity index (χ2v) is 4.03. The van der Waals surface area contributed by atoms with Crippen LogP contribution in [0.4, 0.5) is 10.2 Å². The Bertz CT molecular complexity index is 503. The lowest BCUT2D eigenvalue weighted by Crippen LogP contribution is -1.95. The summed E-state index contributed by atoms with van der Waals surface area (Å²) < 4.78 is 13.7. The fraction of sp³-hybridized carbons (Fsp3) is 0.250. The highest BCUT2D eigenvalue weighted by atomic mass is 19.1. The van der Waals surface area contributed by atoms with Gasteiger partial charge in [0.2, 0.25) is 0 Å². The van der Waals surface area contributed by atoms with E-state index in [4.69, 9.17) is 5.73 Å². The molecular formula is C12H14FN3. The molecule has 3 N–H and O–H groups in total. The predicted octanol–water partition coefficient (Wildman–Crippen LogP) is 2.92. The summed E-state index contributed by atoms with van der Waals surface area (Å²) in [5.41, 5.74) is 7.81. The quantitative estimate of drug-likeness (QED) is 0.815. The molecule has 0 saturated heterocycles. The van der Waals surface area contributed by atoms with Crippen molar-refractivity contribution in [2.75, 3.05) is 5.73 Å². The molecule has 0 aliphatic rings. The van der Waals surface area contributed by atoms with Crippen LogP contribution in [-0.4, -0.2) is 10.2 Å². The third kappa shape index (κ3) is 1.66. The van der Waals surface area contributed by atoms with Crippen LogP contribution in [0.2, 0.25) is 0 Å². The maximum absolute atomic E-state index is 13.7. The minimum atomic E-state index is -0.280. The molecule has 0 bridgehead atoms. The molecule has 1 aromatic heterocycles. The lowest BCUT2D eigenvalue weighted by molar-refractivity contribution is 0.631. The normalized spacial score (nSPS) is 11.0. The van der Waals surface area contributed by atoms with Crippen molar-refractivity contribution in [2.24, 2.45) is 0 Å². The summed E-state index contributed by atoms with van der Waals surface area (Å²) in [5, 5.41) is 6.80. The van der Waals surface area contributed by atoms with Crippen LogP contribution in [0.5, 0.6) is 0 Å². The van der Waals surface area contributed by atoms with Gasteiger partial charge in [-0.05, 0) is 12.0 Å². The minimum Gasteiger partial charge on any atom is -0.382 e. The number of nitrogens with one attached hydrogen (secondary N) is 1. The van der Waals surface area contributed by atoms with Crippen molar-refractivity contribution in [3.63, 3.8) is 0 Å². The van der Waals surface area contributed by atoms with E-state index in [0.29, 0.717) is 16.9 Å². The Kier molecular flexibility index (Phi) is 2.64. The molecule has 0 spiro atoms. The van der Waals surface area contributed by atoms with E-state index in [-0.39, 0.29) is 11.7 Å². The Balaban J connectivity index is 2.64. The third-order valence-electron chi connectivity index (χ3n) is 2.54. The first-order valence-electron chi connectivity index (χ1n) is 5.20. The SMILES string of the molecule is CC(C)c1[nH]nc(N)c1-c1ccccc1F. The minimum absolute atomic E-state index is 0.222. The van der Waals surface area contributed by atoms with Crippen LogP contribution in [0, 0.1) is 5.82 Å². The van der Waals surface area contributed by atoms with E-state index in [2.05, 4.69) is 10.2 Å². The lowest BCUT2D eigenvalue weighted by atomic mass is 9.99. The third-order valence-corrected chi connectivity index (χ3v) is 2.54. The van der Waals surface area contributed by atoms with Crippen molar-refractivity contribution in [1.82, 2.24) is 10.2 Å². The Morgan fingerprint density at radius 2 is 2.00 bits per heavy atom. The molecule has 2 aromatic rings. The molecular weight excluding hydrogens is 205 g/mol. The van der Waals surface area contributed by atoms with Crippen LogP contribution >= 0.6 is 0 Å². The van der Waals surface area contributed by atoms with Gasteiger partial charge in [0, 0.05) is 16.8 Å². The summed E-state index contributed by atoms with van der Waals surface area (Å²) >= 11 is 0. The summed E-state index contributed by atoms with van der Waals surface area (Å²) in [5.74, 6) is 0.283. The summed E-state index contributed by atoms with van der Waals surface area (Å²) in [4.78, 5) is 0. The van der Waals surface area contributed by atoms with Crippen molar-refractivity contribution < 1.29 is 4.39 Å². The van der Waals surface area contributed by atoms with E-state index in [9.17, 15) is 4.39 Å². The van der Waals surface area contributed by atoms with Crippen LogP contribution in [0.25, 0.3) is 11.1 Å². The molecule has 0 unspecified atom stereocenters. The molecule has 4 heteroatoms. The first-order valence-corrected chi connectivity index (χ1v) is 5.20. The van der Waals surface area contributed by atoms with Gasteiger partial charge in [-0.3, -0.25) is 5.10 Å². The standard InChI is InChI=1S/C12H14FN3/c1-7(2)11-10(12(14)16-15-11)8-5-3-4-6-9(8)13/h3-7H,1-2H3,(H3,14,15,16). The fourth-order valence-electron chi connectivity index (χ4n) is 1.74. The van der Waals surface area contributed by atoms with Gasteiger partial charge in [-0.2, -0.15) is 5.10 Å². The maximum atomic E-state index is 13.7. The first kappa shape index (κ1) is 10.7. The monoisotopic (exact) mass is 219 g/mol. The van der Waals surface area contributed by atoms with E-state index in [1.807, 2.05) is 13.8 Å². The lowest BCUT2D eigenvalue weighted by Gasteiger charge is -2.07. The average Bonchev–Trinajstić information content (AvgIpc) is 2.61. The highest BCUT2D eigenvalue weighted by molar-refractivity contribution is 5.77. The van der Waals surface area contributed by atoms with Crippen LogP contribution in [0.1, 0.15) is 25.5 Å². The molecule has 2 rings (SSSR count). The Labute approximate surface area is 93.5 Å². The smallest absolute Gasteiger partial charge is 0.153 e. The van der Waals surface area contributed by atoms with Crippen molar-refractivity contribution in [3.8, 4) is 11.1 Å². The molecule has 0 aliphatic heterocycles. The summed E-state index contributed by atoms with van der Waals surface area (Å²) in [6, 6.07) is 6.58. The van der Waals surface area contributed by atoms with Gasteiger partial charge in [-0.25, -0.2) is 4.39 Å². The number of rotatable bonds is 2. The number of nitrogens with zero attached hydrogens (tertiary/aromatic N) is 1. The van der Waals surface area contributed by atoms with Crippen molar-refractivity contribution in [3.05, 3.63) is 35.8 Å². The number of halogens is 1. The number of nitrogen functional groups attached to an aromatic ring is 1. The number of hydrogen-bond donors (Lipinski definition) is 2. The summed E-state index contributed by atoms with van der Waals surface area (Å²) in [7, 11) is 0. The van der Waals surface area contributed by atoms with Gasteiger partial charge in [0.25, 0.3) is 0 Å². The highest BCUT2D eigenvalue weighted by Crippen LogP contribution is 2.33. The van der Waals surface area contributed by atoms with Crippen LogP contribution in [-0.2, 0) is 0 Å². The second-order valence-electron chi connectivity index (χ2n) is 4.03. The molecule has 0 amide bonds. The van der Waals surface area contributed by atoms with E-state index < -0.39 is 0 Å². The molecule has 3 nitrogen and oxygen atoms in total. The van der Waals surface area contributed by atoms with Crippen molar-refractivity contribution in [1.29, 1.82) is 0 Å². The summed E-state index contributed by atoms with van der Waals surface area (Å²) in [6.45, 7) is 4.02. The van der Waals surface area contributed by atoms with Crippen LogP contribution in [0.3, 0.4) is 0 Å². The van der Waals surface area contributed by atoms with Gasteiger partial charge in [0.1, 0.15) is 5.82 Å². The van der Waals surface area contributed by atoms with Gasteiger partial charge < -0.3 is 5.73 Å². The molecule has 0 radical (unpaired) electrons. The van der Waals surface area contributed by atoms with Gasteiger partial charge in [-0.15, -0.1) is 0 Å². The largest absolute Gasteiger partial charge is 0.382 e. The average molecular weight is 219 g/mol. The zero-order valence-corrected chi connectivity index (χ0v) is 9.29. The van der Waals surface area contributed by atoms with Crippen LogP contribution < -0.4 is 5.73 Å². The maximum Gasteiger partial charge on any atom is 0.153 e. The molecule has 84 valence electrons. The molecule has 0 aliphatic carbocycles. The molecule has 1 aromatic carbocycles. The van der Waals surface area contributed by atoms with Gasteiger partial charge in [-0.1, -0.05) is 32.0 Å². The zero-order valence-electron chi connectivity index (χ0n) is 9.29. The topological polar surface area (TPSA) is 54.7 Å². The fourth-order valence-corrected chi connectivity index (χ4v) is 1.74. The van der Waals surface area contributed by atoms with Crippen molar-refractivity contribution >= 4 is 5.82 Å². The Morgan fingerprint density at radius 3 is 2.62 bits per heavy atom. The number of hydrogen-bond acceptors (Lipinski definition) is 2. The van der Waals surface area contributed by atoms with Crippen LogP contribution in [0.15, 0.2) is 24.3 Å². The number of benzene rings is 1. The Morgan fingerprint density at radius 1 is 1.31 bits per heavy atom. The van der Waals surface area contributed by atoms with E-state index in [1.165, 1.54) is 6.07 Å². The number of aromatic amines is 1. The number of nitrogens with two attached hydrogens (primary N) is 1. The van der Waals surface area contributed by atoms with Gasteiger partial charge in [0.05, 0.1) is 0 Å². The van der Waals surface area contributed by atoms with Gasteiger partial charge in [0.15, 0.2) is 5.82 Å². The second kappa shape index (κ2) is 3.96. The Hall–Kier alpha value is -1.84. The molecule has 16 heavy (non-hydrogen) atoms. The van der Waals surface area contributed by atoms with E-state index in [1.54, 1.807) is 18.2 Å². The molecule has 0 fully saturated rings. The summed E-state index contributed by atoms with van der Waals surface area (Å²) in [6.07, 6.45) is 0. The number of aromatic nitrogens is 2. The van der Waals surface area contributed by atoms with E-state index >= 15 is 0 Å². The zero-order chi connectivity index (χ0) is 11.7. The van der Waals surface area contributed by atoms with E-state index in [0.717, 1.165) is 5.69 Å². The number of anilines is 1. The predicted molar refractivity (Wildman–Crippen MR) is 62.5 cm³/mol. The van der Waals surface area contributed by atoms with Gasteiger partial charge >= 0.3 is 0 Å². The molecule has 1 heterocycles.